The fourth-order valence-electron chi connectivity index (χ4n) is 1.71. The van der Waals surface area contributed by atoms with Crippen LogP contribution >= 0.6 is 15.9 Å². The van der Waals surface area contributed by atoms with Crippen molar-refractivity contribution in [3.8, 4) is 0 Å². The third kappa shape index (κ3) is 1.71. The van der Waals surface area contributed by atoms with Crippen LogP contribution in [0.5, 0.6) is 0 Å². The average molecular weight is 284 g/mol. The Kier molecular flexibility index (Phi) is 2.96. The number of nitrogens with one attached hydrogen (secondary N) is 1. The van der Waals surface area contributed by atoms with Crippen molar-refractivity contribution in [2.75, 3.05) is 11.9 Å². The number of hydrogen-bond donors (Lipinski definition) is 1. The number of esters is 1. The molecule has 1 aliphatic rings. The summed E-state index contributed by atoms with van der Waals surface area (Å²) in [5.41, 5.74) is 1.32. The number of fused-ring (bicyclic) bond motifs is 1. The molecule has 0 fully saturated rings. The van der Waals surface area contributed by atoms with Crippen LogP contribution in [0.1, 0.15) is 18.4 Å². The van der Waals surface area contributed by atoms with Crippen LogP contribution < -0.4 is 5.32 Å². The molecule has 1 aliphatic heterocycles. The van der Waals surface area contributed by atoms with Gasteiger partial charge in [0.05, 0.1) is 12.3 Å². The predicted octanol–water partition coefficient (Wildman–Crippen LogP) is 2.05. The first kappa shape index (κ1) is 11.1. The van der Waals surface area contributed by atoms with Crippen molar-refractivity contribution in [2.45, 2.75) is 12.8 Å². The molecule has 1 unspecified atom stereocenters. The topological polar surface area (TPSA) is 55.4 Å². The van der Waals surface area contributed by atoms with Gasteiger partial charge < -0.3 is 10.1 Å². The van der Waals surface area contributed by atoms with Crippen LogP contribution in [0.4, 0.5) is 5.69 Å². The molecule has 1 atom stereocenters. The van der Waals surface area contributed by atoms with E-state index in [-0.39, 0.29) is 12.5 Å². The first-order valence-corrected chi connectivity index (χ1v) is 5.70. The summed E-state index contributed by atoms with van der Waals surface area (Å²) in [5, 5.41) is 2.67. The van der Waals surface area contributed by atoms with Crippen LogP contribution in [0.2, 0.25) is 0 Å². The van der Waals surface area contributed by atoms with Crippen LogP contribution in [0.25, 0.3) is 0 Å². The monoisotopic (exact) mass is 283 g/mol. The fraction of sp³-hybridized carbons (Fsp3) is 0.273. The van der Waals surface area contributed by atoms with Crippen molar-refractivity contribution in [3.63, 3.8) is 0 Å². The summed E-state index contributed by atoms with van der Waals surface area (Å²) in [6.45, 7) is 1.98. The molecule has 16 heavy (non-hydrogen) atoms. The molecule has 2 rings (SSSR count). The maximum atomic E-state index is 11.7. The Morgan fingerprint density at radius 2 is 2.31 bits per heavy atom. The Labute approximate surface area is 101 Å². The lowest BCUT2D eigenvalue weighted by Crippen LogP contribution is -2.22. The summed E-state index contributed by atoms with van der Waals surface area (Å²) in [6, 6.07) is 5.35. The van der Waals surface area contributed by atoms with Gasteiger partial charge in [0.1, 0.15) is 0 Å². The van der Waals surface area contributed by atoms with Crippen LogP contribution in [0, 0.1) is 0 Å². The molecule has 5 heteroatoms. The van der Waals surface area contributed by atoms with Gasteiger partial charge in [-0.15, -0.1) is 0 Å². The Balaban J connectivity index is 2.40. The number of benzene rings is 1. The normalized spacial score (nSPS) is 17.9. The van der Waals surface area contributed by atoms with Gasteiger partial charge in [0.2, 0.25) is 5.91 Å². The van der Waals surface area contributed by atoms with Gasteiger partial charge in [-0.25, -0.2) is 0 Å². The highest BCUT2D eigenvalue weighted by atomic mass is 79.9. The molecule has 0 saturated carbocycles. The molecular weight excluding hydrogens is 274 g/mol. The first-order valence-electron chi connectivity index (χ1n) is 4.91. The molecule has 1 N–H and O–H groups in total. The molecule has 0 spiro atoms. The van der Waals surface area contributed by atoms with Gasteiger partial charge >= 0.3 is 5.97 Å². The SMILES string of the molecule is CCOC(=O)C1C(=O)Nc2c(Br)cccc21. The minimum absolute atomic E-state index is 0.270. The van der Waals surface area contributed by atoms with Crippen LogP contribution in [-0.2, 0) is 14.3 Å². The molecule has 0 radical (unpaired) electrons. The van der Waals surface area contributed by atoms with Crippen LogP contribution in [-0.4, -0.2) is 18.5 Å². The van der Waals surface area contributed by atoms with Gasteiger partial charge in [0.15, 0.2) is 5.92 Å². The third-order valence-electron chi connectivity index (χ3n) is 2.39. The highest BCUT2D eigenvalue weighted by Gasteiger charge is 2.38. The number of carbonyl (C=O) groups excluding carboxylic acids is 2. The van der Waals surface area contributed by atoms with E-state index >= 15 is 0 Å². The molecule has 1 heterocycles. The Morgan fingerprint density at radius 3 is 3.00 bits per heavy atom. The molecule has 0 aromatic heterocycles. The van der Waals surface area contributed by atoms with Crippen LogP contribution in [0.3, 0.4) is 0 Å². The molecule has 0 saturated heterocycles. The number of anilines is 1. The van der Waals surface area contributed by atoms with Gasteiger partial charge in [-0.1, -0.05) is 12.1 Å². The number of halogens is 1. The molecule has 1 aromatic rings. The summed E-state index contributed by atoms with van der Waals surface area (Å²) in [5.74, 6) is -1.68. The second-order valence-electron chi connectivity index (χ2n) is 3.38. The van der Waals surface area contributed by atoms with Crippen molar-refractivity contribution in [3.05, 3.63) is 28.2 Å². The predicted molar refractivity (Wildman–Crippen MR) is 62.1 cm³/mol. The lowest BCUT2D eigenvalue weighted by atomic mass is 10.0. The summed E-state index contributed by atoms with van der Waals surface area (Å²) in [7, 11) is 0. The zero-order valence-corrected chi connectivity index (χ0v) is 10.2. The standard InChI is InChI=1S/C11H10BrNO3/c1-2-16-11(15)8-6-4-3-5-7(12)9(6)13-10(8)14/h3-5,8H,2H2,1H3,(H,13,14). The number of hydrogen-bond acceptors (Lipinski definition) is 3. The molecule has 1 amide bonds. The summed E-state index contributed by atoms with van der Waals surface area (Å²) < 4.78 is 5.65. The Bertz CT molecular complexity index is 459. The van der Waals surface area contributed by atoms with E-state index in [0.717, 1.165) is 4.47 Å². The van der Waals surface area contributed by atoms with Crippen molar-refractivity contribution in [1.29, 1.82) is 0 Å². The number of amides is 1. The van der Waals surface area contributed by atoms with E-state index in [9.17, 15) is 9.59 Å². The molecular formula is C11H10BrNO3. The molecule has 4 nitrogen and oxygen atoms in total. The van der Waals surface area contributed by atoms with Gasteiger partial charge in [0.25, 0.3) is 0 Å². The largest absolute Gasteiger partial charge is 0.465 e. The average Bonchev–Trinajstić information content (AvgIpc) is 2.56. The quantitative estimate of drug-likeness (QED) is 0.668. The second-order valence-corrected chi connectivity index (χ2v) is 4.23. The molecule has 84 valence electrons. The van der Waals surface area contributed by atoms with Crippen molar-refractivity contribution >= 4 is 33.5 Å². The van der Waals surface area contributed by atoms with E-state index in [1.165, 1.54) is 0 Å². The second kappa shape index (κ2) is 4.25. The number of para-hydroxylation sites is 1. The van der Waals surface area contributed by atoms with Gasteiger partial charge in [0, 0.05) is 10.0 Å². The minimum Gasteiger partial charge on any atom is -0.465 e. The van der Waals surface area contributed by atoms with E-state index in [1.54, 1.807) is 19.1 Å². The smallest absolute Gasteiger partial charge is 0.323 e. The summed E-state index contributed by atoms with van der Waals surface area (Å²) in [6.07, 6.45) is 0. The Hall–Kier alpha value is -1.36. The van der Waals surface area contributed by atoms with E-state index in [0.29, 0.717) is 11.3 Å². The molecule has 0 bridgehead atoms. The summed E-state index contributed by atoms with van der Waals surface area (Å²) >= 11 is 3.32. The van der Waals surface area contributed by atoms with E-state index in [1.807, 2.05) is 6.07 Å². The van der Waals surface area contributed by atoms with Gasteiger partial charge in [-0.2, -0.15) is 0 Å². The minimum atomic E-state index is -0.840. The van der Waals surface area contributed by atoms with Crippen LogP contribution in [0.15, 0.2) is 22.7 Å². The summed E-state index contributed by atoms with van der Waals surface area (Å²) in [4.78, 5) is 23.3. The van der Waals surface area contributed by atoms with E-state index in [2.05, 4.69) is 21.2 Å². The van der Waals surface area contributed by atoms with E-state index < -0.39 is 11.9 Å². The lowest BCUT2D eigenvalue weighted by molar-refractivity contribution is -0.147. The number of ether oxygens (including phenoxy) is 1. The number of carbonyl (C=O) groups is 2. The lowest BCUT2D eigenvalue weighted by Gasteiger charge is -2.07. The zero-order valence-electron chi connectivity index (χ0n) is 8.62. The van der Waals surface area contributed by atoms with E-state index in [4.69, 9.17) is 4.74 Å². The first-order chi connectivity index (χ1) is 7.65. The fourth-order valence-corrected chi connectivity index (χ4v) is 2.19. The Morgan fingerprint density at radius 1 is 1.56 bits per heavy atom. The zero-order chi connectivity index (χ0) is 11.7. The van der Waals surface area contributed by atoms with Gasteiger partial charge in [-0.3, -0.25) is 9.59 Å². The van der Waals surface area contributed by atoms with Crippen molar-refractivity contribution in [2.24, 2.45) is 0 Å². The third-order valence-corrected chi connectivity index (χ3v) is 3.05. The van der Waals surface area contributed by atoms with Crippen molar-refractivity contribution in [1.82, 2.24) is 0 Å². The maximum absolute atomic E-state index is 11.7. The highest BCUT2D eigenvalue weighted by Crippen LogP contribution is 2.38. The number of rotatable bonds is 2. The van der Waals surface area contributed by atoms with Gasteiger partial charge in [-0.05, 0) is 28.9 Å². The highest BCUT2D eigenvalue weighted by molar-refractivity contribution is 9.10. The molecule has 1 aromatic carbocycles. The molecule has 0 aliphatic carbocycles. The van der Waals surface area contributed by atoms with Crippen molar-refractivity contribution < 1.29 is 14.3 Å². The maximum Gasteiger partial charge on any atom is 0.323 e.